The van der Waals surface area contributed by atoms with Gasteiger partial charge in [0.05, 0.1) is 4.88 Å². The Morgan fingerprint density at radius 3 is 2.88 bits per heavy atom. The molecule has 0 amide bonds. The van der Waals surface area contributed by atoms with Crippen molar-refractivity contribution >= 4 is 17.6 Å². The second kappa shape index (κ2) is 2.09. The van der Waals surface area contributed by atoms with Gasteiger partial charge in [0.2, 0.25) is 0 Å². The van der Waals surface area contributed by atoms with Gasteiger partial charge in [-0.05, 0) is 24.0 Å². The van der Waals surface area contributed by atoms with Crippen LogP contribution in [0.4, 0.5) is 0 Å². The number of hydrogen-bond donors (Lipinski definition) is 0. The molecule has 0 atom stereocenters. The van der Waals surface area contributed by atoms with E-state index in [2.05, 4.69) is 11.0 Å². The van der Waals surface area contributed by atoms with E-state index in [4.69, 9.17) is 0 Å². The molecule has 0 aliphatic rings. The van der Waals surface area contributed by atoms with Crippen molar-refractivity contribution in [2.75, 3.05) is 0 Å². The Bertz CT molecular complexity index is 190. The van der Waals surface area contributed by atoms with E-state index in [1.807, 2.05) is 19.2 Å². The highest BCUT2D eigenvalue weighted by Crippen LogP contribution is 2.11. The van der Waals surface area contributed by atoms with Crippen LogP contribution in [0.5, 0.6) is 0 Å². The predicted molar refractivity (Wildman–Crippen MR) is 36.9 cm³/mol. The first kappa shape index (κ1) is 5.51. The quantitative estimate of drug-likeness (QED) is 0.560. The molecule has 1 nitrogen and oxygen atoms in total. The van der Waals surface area contributed by atoms with Crippen molar-refractivity contribution in [1.29, 1.82) is 0 Å². The molecule has 0 aliphatic carbocycles. The number of aromatic nitrogens is 1. The monoisotopic (exact) mass is 125 g/mol. The number of rotatable bonds is 1. The summed E-state index contributed by atoms with van der Waals surface area (Å²) < 4.78 is 3.96. The van der Waals surface area contributed by atoms with E-state index in [-0.39, 0.29) is 0 Å². The smallest absolute Gasteiger partial charge is 0.0500 e. The SMILES string of the molecule is C=Cc1sncc1C. The van der Waals surface area contributed by atoms with Gasteiger partial charge >= 0.3 is 0 Å². The summed E-state index contributed by atoms with van der Waals surface area (Å²) in [6.07, 6.45) is 3.68. The van der Waals surface area contributed by atoms with Crippen LogP contribution < -0.4 is 0 Å². The van der Waals surface area contributed by atoms with Gasteiger partial charge in [0.15, 0.2) is 0 Å². The van der Waals surface area contributed by atoms with Crippen LogP contribution in [-0.2, 0) is 0 Å². The minimum Gasteiger partial charge on any atom is -0.200 e. The van der Waals surface area contributed by atoms with Gasteiger partial charge in [0.1, 0.15) is 0 Å². The molecule has 0 aromatic carbocycles. The van der Waals surface area contributed by atoms with Gasteiger partial charge in [-0.2, -0.15) is 0 Å². The molecule has 0 saturated carbocycles. The lowest BCUT2D eigenvalue weighted by atomic mass is 10.3. The van der Waals surface area contributed by atoms with Crippen molar-refractivity contribution in [3.05, 3.63) is 23.2 Å². The van der Waals surface area contributed by atoms with Crippen LogP contribution in [0.1, 0.15) is 10.4 Å². The molecule has 0 fully saturated rings. The Balaban J connectivity index is 3.09. The summed E-state index contributed by atoms with van der Waals surface area (Å²) >= 11 is 1.48. The molecule has 0 aliphatic heterocycles. The Kier molecular flexibility index (Phi) is 1.44. The third kappa shape index (κ3) is 0.793. The van der Waals surface area contributed by atoms with Gasteiger partial charge in [0.25, 0.3) is 0 Å². The molecule has 1 heterocycles. The lowest BCUT2D eigenvalue weighted by Gasteiger charge is -1.80. The van der Waals surface area contributed by atoms with Crippen LogP contribution in [-0.4, -0.2) is 4.37 Å². The van der Waals surface area contributed by atoms with Crippen LogP contribution >= 0.6 is 11.5 Å². The largest absolute Gasteiger partial charge is 0.200 e. The molecule has 1 aromatic rings. The molecule has 8 heavy (non-hydrogen) atoms. The van der Waals surface area contributed by atoms with Gasteiger partial charge in [-0.1, -0.05) is 12.7 Å². The van der Waals surface area contributed by atoms with Gasteiger partial charge in [-0.15, -0.1) is 0 Å². The third-order valence-electron chi connectivity index (χ3n) is 0.971. The fourth-order valence-corrected chi connectivity index (χ4v) is 1.09. The zero-order valence-corrected chi connectivity index (χ0v) is 5.53. The third-order valence-corrected chi connectivity index (χ3v) is 1.87. The highest BCUT2D eigenvalue weighted by molar-refractivity contribution is 7.06. The number of aryl methyl sites for hydroxylation is 1. The van der Waals surface area contributed by atoms with Gasteiger partial charge in [-0.25, -0.2) is 4.37 Å². The first-order chi connectivity index (χ1) is 3.84. The summed E-state index contributed by atoms with van der Waals surface area (Å²) in [5.41, 5.74) is 1.21. The molecule has 0 N–H and O–H groups in total. The van der Waals surface area contributed by atoms with Crippen LogP contribution in [0.15, 0.2) is 12.8 Å². The zero-order chi connectivity index (χ0) is 5.98. The van der Waals surface area contributed by atoms with Crippen molar-refractivity contribution in [1.82, 2.24) is 4.37 Å². The summed E-state index contributed by atoms with van der Waals surface area (Å²) in [6.45, 7) is 5.66. The average Bonchev–Trinajstić information content (AvgIpc) is 2.14. The number of nitrogens with zero attached hydrogens (tertiary/aromatic N) is 1. The number of hydrogen-bond acceptors (Lipinski definition) is 2. The van der Waals surface area contributed by atoms with E-state index >= 15 is 0 Å². The molecule has 42 valence electrons. The van der Waals surface area contributed by atoms with Gasteiger partial charge in [0, 0.05) is 6.20 Å². The lowest BCUT2D eigenvalue weighted by Crippen LogP contribution is -1.63. The summed E-state index contributed by atoms with van der Waals surface area (Å²) in [4.78, 5) is 1.17. The van der Waals surface area contributed by atoms with Gasteiger partial charge < -0.3 is 0 Å². The molecule has 0 bridgehead atoms. The molecular formula is C6H7NS. The minimum absolute atomic E-state index is 1.17. The Morgan fingerprint density at radius 1 is 1.88 bits per heavy atom. The maximum Gasteiger partial charge on any atom is 0.0500 e. The fourth-order valence-electron chi connectivity index (χ4n) is 0.496. The second-order valence-corrected chi connectivity index (χ2v) is 2.41. The van der Waals surface area contributed by atoms with Crippen LogP contribution in [0, 0.1) is 6.92 Å². The molecule has 0 saturated heterocycles. The van der Waals surface area contributed by atoms with E-state index in [1.165, 1.54) is 22.0 Å². The lowest BCUT2D eigenvalue weighted by molar-refractivity contribution is 1.45. The Hall–Kier alpha value is -0.630. The van der Waals surface area contributed by atoms with Crippen LogP contribution in [0.25, 0.3) is 6.08 Å². The molecule has 0 unspecified atom stereocenters. The zero-order valence-electron chi connectivity index (χ0n) is 4.72. The molecule has 0 spiro atoms. The van der Waals surface area contributed by atoms with E-state index in [0.717, 1.165) is 0 Å². The van der Waals surface area contributed by atoms with Crippen LogP contribution in [0.3, 0.4) is 0 Å². The van der Waals surface area contributed by atoms with Crippen molar-refractivity contribution < 1.29 is 0 Å². The summed E-state index contributed by atoms with van der Waals surface area (Å²) in [7, 11) is 0. The van der Waals surface area contributed by atoms with Crippen molar-refractivity contribution in [3.63, 3.8) is 0 Å². The topological polar surface area (TPSA) is 12.9 Å². The summed E-state index contributed by atoms with van der Waals surface area (Å²) in [5, 5.41) is 0. The summed E-state index contributed by atoms with van der Waals surface area (Å²) in [6, 6.07) is 0. The highest BCUT2D eigenvalue weighted by Gasteiger charge is 1.91. The standard InChI is InChI=1S/C6H7NS/c1-3-6-5(2)4-7-8-6/h3-4H,1H2,2H3. The minimum atomic E-state index is 1.17. The Morgan fingerprint density at radius 2 is 2.62 bits per heavy atom. The van der Waals surface area contributed by atoms with E-state index in [1.54, 1.807) is 0 Å². The summed E-state index contributed by atoms with van der Waals surface area (Å²) in [5.74, 6) is 0. The average molecular weight is 125 g/mol. The molecule has 2 heteroatoms. The van der Waals surface area contributed by atoms with Gasteiger partial charge in [-0.3, -0.25) is 0 Å². The van der Waals surface area contributed by atoms with Crippen LogP contribution in [0.2, 0.25) is 0 Å². The van der Waals surface area contributed by atoms with E-state index in [9.17, 15) is 0 Å². The highest BCUT2D eigenvalue weighted by atomic mass is 32.1. The fraction of sp³-hybridized carbons (Fsp3) is 0.167. The van der Waals surface area contributed by atoms with Crippen molar-refractivity contribution in [3.8, 4) is 0 Å². The van der Waals surface area contributed by atoms with E-state index in [0.29, 0.717) is 0 Å². The second-order valence-electron chi connectivity index (χ2n) is 1.58. The molecule has 1 rings (SSSR count). The molecule has 1 aromatic heterocycles. The maximum absolute atomic E-state index is 3.96. The predicted octanol–water partition coefficient (Wildman–Crippen LogP) is 2.09. The van der Waals surface area contributed by atoms with E-state index < -0.39 is 0 Å². The maximum atomic E-state index is 3.96. The van der Waals surface area contributed by atoms with Crippen molar-refractivity contribution in [2.45, 2.75) is 6.92 Å². The first-order valence-electron chi connectivity index (χ1n) is 2.38. The molecular weight excluding hydrogens is 118 g/mol. The molecule has 0 radical (unpaired) electrons. The Labute approximate surface area is 52.8 Å². The normalized spacial score (nSPS) is 9.12. The van der Waals surface area contributed by atoms with Crippen molar-refractivity contribution in [2.24, 2.45) is 0 Å². The first-order valence-corrected chi connectivity index (χ1v) is 3.15.